The number of carbonyl (C=O) groups is 1. The van der Waals surface area contributed by atoms with Crippen LogP contribution in [-0.4, -0.2) is 16.8 Å². The molecule has 0 heterocycles. The maximum absolute atomic E-state index is 12.2. The van der Waals surface area contributed by atoms with Crippen molar-refractivity contribution < 1.29 is 4.79 Å². The first-order valence-electron chi connectivity index (χ1n) is 7.49. The number of nitrogens with one attached hydrogen (secondary N) is 1. The number of halogens is 1. The Morgan fingerprint density at radius 2 is 2.00 bits per heavy atom. The Kier molecular flexibility index (Phi) is 4.74. The molecule has 2 aliphatic rings. The summed E-state index contributed by atoms with van der Waals surface area (Å²) in [5, 5.41) is 4.14. The van der Waals surface area contributed by atoms with E-state index in [-0.39, 0.29) is 11.4 Å². The fourth-order valence-corrected chi connectivity index (χ4v) is 4.79. The quantitative estimate of drug-likeness (QED) is 0.740. The first-order chi connectivity index (χ1) is 8.62. The second-order valence-electron chi connectivity index (χ2n) is 6.31. The van der Waals surface area contributed by atoms with Gasteiger partial charge in [0.1, 0.15) is 0 Å². The van der Waals surface area contributed by atoms with E-state index in [9.17, 15) is 4.79 Å². The van der Waals surface area contributed by atoms with E-state index >= 15 is 0 Å². The number of alkyl halides is 1. The van der Waals surface area contributed by atoms with Gasteiger partial charge in [0.15, 0.2) is 0 Å². The lowest BCUT2D eigenvalue weighted by atomic mass is 9.85. The van der Waals surface area contributed by atoms with E-state index in [1.54, 1.807) is 0 Å². The Morgan fingerprint density at radius 3 is 2.44 bits per heavy atom. The minimum atomic E-state index is -0.0330. The van der Waals surface area contributed by atoms with Gasteiger partial charge in [-0.15, -0.1) is 0 Å². The third-order valence-corrected chi connectivity index (χ3v) is 6.42. The Labute approximate surface area is 119 Å². The zero-order valence-corrected chi connectivity index (χ0v) is 13.3. The van der Waals surface area contributed by atoms with Crippen molar-refractivity contribution in [2.75, 3.05) is 5.33 Å². The number of hydrogen-bond donors (Lipinski definition) is 1. The van der Waals surface area contributed by atoms with Crippen LogP contribution in [0.5, 0.6) is 0 Å². The van der Waals surface area contributed by atoms with Crippen molar-refractivity contribution in [2.45, 2.75) is 64.3 Å². The lowest BCUT2D eigenvalue weighted by Gasteiger charge is -2.32. The molecule has 0 spiro atoms. The van der Waals surface area contributed by atoms with Crippen LogP contribution in [0, 0.1) is 17.8 Å². The minimum absolute atomic E-state index is 0.0330. The third-order valence-electron chi connectivity index (χ3n) is 5.35. The number of amides is 1. The van der Waals surface area contributed by atoms with Crippen molar-refractivity contribution in [3.63, 3.8) is 0 Å². The molecule has 2 saturated carbocycles. The molecule has 2 nitrogen and oxygen atoms in total. The molecule has 2 rings (SSSR count). The lowest BCUT2D eigenvalue weighted by Crippen LogP contribution is -2.49. The van der Waals surface area contributed by atoms with Crippen LogP contribution in [0.15, 0.2) is 0 Å². The summed E-state index contributed by atoms with van der Waals surface area (Å²) in [6.07, 6.45) is 8.23. The van der Waals surface area contributed by atoms with Gasteiger partial charge in [-0.3, -0.25) is 4.79 Å². The summed E-state index contributed by atoms with van der Waals surface area (Å²) in [6, 6.07) is 0. The number of hydrogen-bond acceptors (Lipinski definition) is 1. The molecule has 0 aromatic rings. The lowest BCUT2D eigenvalue weighted by molar-refractivity contribution is -0.124. The maximum Gasteiger partial charge on any atom is 0.220 e. The van der Waals surface area contributed by atoms with Crippen molar-refractivity contribution in [2.24, 2.45) is 17.8 Å². The zero-order valence-electron chi connectivity index (χ0n) is 11.7. The summed E-state index contributed by atoms with van der Waals surface area (Å²) in [5.41, 5.74) is -0.0330. The fraction of sp³-hybridized carbons (Fsp3) is 0.933. The average molecular weight is 316 g/mol. The summed E-state index contributed by atoms with van der Waals surface area (Å²) in [5.74, 6) is 2.73. The highest BCUT2D eigenvalue weighted by atomic mass is 79.9. The predicted octanol–water partition coefficient (Wildman–Crippen LogP) is 3.88. The van der Waals surface area contributed by atoms with E-state index in [0.717, 1.165) is 36.4 Å². The fourth-order valence-electron chi connectivity index (χ4n) is 3.86. The van der Waals surface area contributed by atoms with Gasteiger partial charge in [0.05, 0.1) is 0 Å². The molecule has 1 N–H and O–H groups in total. The SMILES string of the molecule is CCC(CC)(CBr)NC(=O)CC1CC2CCC1C2. The molecule has 2 fully saturated rings. The van der Waals surface area contributed by atoms with Gasteiger partial charge < -0.3 is 5.32 Å². The van der Waals surface area contributed by atoms with Crippen LogP contribution in [-0.2, 0) is 4.79 Å². The van der Waals surface area contributed by atoms with Crippen molar-refractivity contribution in [3.8, 4) is 0 Å². The molecule has 104 valence electrons. The second kappa shape index (κ2) is 5.94. The number of fused-ring (bicyclic) bond motifs is 2. The molecule has 2 aliphatic carbocycles. The standard InChI is InChI=1S/C15H26BrNO/c1-3-15(4-2,10-16)17-14(18)9-13-8-11-5-6-12(13)7-11/h11-13H,3-10H2,1-2H3,(H,17,18). The molecule has 0 radical (unpaired) electrons. The van der Waals surface area contributed by atoms with Crippen LogP contribution in [0.2, 0.25) is 0 Å². The first kappa shape index (κ1) is 14.4. The Morgan fingerprint density at radius 1 is 1.28 bits per heavy atom. The second-order valence-corrected chi connectivity index (χ2v) is 6.87. The zero-order chi connectivity index (χ0) is 13.2. The molecule has 3 atom stereocenters. The van der Waals surface area contributed by atoms with E-state index < -0.39 is 0 Å². The van der Waals surface area contributed by atoms with Gasteiger partial charge in [-0.05, 0) is 49.9 Å². The monoisotopic (exact) mass is 315 g/mol. The molecule has 0 saturated heterocycles. The summed E-state index contributed by atoms with van der Waals surface area (Å²) >= 11 is 3.55. The van der Waals surface area contributed by atoms with Crippen LogP contribution in [0.3, 0.4) is 0 Å². The molecular formula is C15H26BrNO. The van der Waals surface area contributed by atoms with Gasteiger partial charge >= 0.3 is 0 Å². The molecule has 3 unspecified atom stereocenters. The van der Waals surface area contributed by atoms with Gasteiger partial charge in [0.25, 0.3) is 0 Å². The topological polar surface area (TPSA) is 29.1 Å². The molecule has 2 bridgehead atoms. The molecule has 0 aromatic carbocycles. The third kappa shape index (κ3) is 2.92. The van der Waals surface area contributed by atoms with Crippen molar-refractivity contribution in [3.05, 3.63) is 0 Å². The number of carbonyl (C=O) groups excluding carboxylic acids is 1. The summed E-state index contributed by atoms with van der Waals surface area (Å²) < 4.78 is 0. The number of rotatable bonds is 6. The first-order valence-corrected chi connectivity index (χ1v) is 8.61. The normalized spacial score (nSPS) is 30.7. The van der Waals surface area contributed by atoms with Crippen LogP contribution < -0.4 is 5.32 Å². The van der Waals surface area contributed by atoms with E-state index in [2.05, 4.69) is 35.1 Å². The van der Waals surface area contributed by atoms with Crippen LogP contribution in [0.1, 0.15) is 58.8 Å². The van der Waals surface area contributed by atoms with E-state index in [0.29, 0.717) is 5.92 Å². The van der Waals surface area contributed by atoms with Crippen molar-refractivity contribution >= 4 is 21.8 Å². The van der Waals surface area contributed by atoms with E-state index in [4.69, 9.17) is 0 Å². The van der Waals surface area contributed by atoms with E-state index in [1.807, 2.05) is 0 Å². The van der Waals surface area contributed by atoms with Crippen molar-refractivity contribution in [1.82, 2.24) is 5.32 Å². The van der Waals surface area contributed by atoms with Gasteiger partial charge in [-0.1, -0.05) is 36.2 Å². The van der Waals surface area contributed by atoms with Gasteiger partial charge in [-0.25, -0.2) is 0 Å². The molecule has 3 heteroatoms. The largest absolute Gasteiger partial charge is 0.350 e. The molecule has 18 heavy (non-hydrogen) atoms. The average Bonchev–Trinajstić information content (AvgIpc) is 2.98. The Bertz CT molecular complexity index is 293. The van der Waals surface area contributed by atoms with Crippen LogP contribution in [0.4, 0.5) is 0 Å². The highest BCUT2D eigenvalue weighted by Gasteiger charge is 2.40. The summed E-state index contributed by atoms with van der Waals surface area (Å²) in [7, 11) is 0. The highest BCUT2D eigenvalue weighted by molar-refractivity contribution is 9.09. The molecule has 1 amide bonds. The van der Waals surface area contributed by atoms with Crippen molar-refractivity contribution in [1.29, 1.82) is 0 Å². The summed E-state index contributed by atoms with van der Waals surface area (Å²) in [6.45, 7) is 4.31. The maximum atomic E-state index is 12.2. The summed E-state index contributed by atoms with van der Waals surface area (Å²) in [4.78, 5) is 12.2. The predicted molar refractivity (Wildman–Crippen MR) is 78.8 cm³/mol. The Balaban J connectivity index is 1.85. The van der Waals surface area contributed by atoms with Gasteiger partial charge in [-0.2, -0.15) is 0 Å². The minimum Gasteiger partial charge on any atom is -0.350 e. The molecular weight excluding hydrogens is 290 g/mol. The highest BCUT2D eigenvalue weighted by Crippen LogP contribution is 2.49. The van der Waals surface area contributed by atoms with Crippen LogP contribution >= 0.6 is 15.9 Å². The van der Waals surface area contributed by atoms with E-state index in [1.165, 1.54) is 25.7 Å². The Hall–Kier alpha value is -0.0500. The van der Waals surface area contributed by atoms with Gasteiger partial charge in [0.2, 0.25) is 5.91 Å². The van der Waals surface area contributed by atoms with Gasteiger partial charge in [0, 0.05) is 17.3 Å². The molecule has 0 aliphatic heterocycles. The smallest absolute Gasteiger partial charge is 0.220 e. The molecule has 0 aromatic heterocycles. The van der Waals surface area contributed by atoms with Crippen LogP contribution in [0.25, 0.3) is 0 Å².